The van der Waals surface area contributed by atoms with Crippen LogP contribution in [0.5, 0.6) is 0 Å². The van der Waals surface area contributed by atoms with Gasteiger partial charge in [0.1, 0.15) is 0 Å². The molecule has 0 radical (unpaired) electrons. The van der Waals surface area contributed by atoms with Gasteiger partial charge in [0, 0.05) is 0 Å². The molecule has 0 aromatic heterocycles. The fourth-order valence-electron chi connectivity index (χ4n) is 1.84. The van der Waals surface area contributed by atoms with Crippen molar-refractivity contribution in [3.63, 3.8) is 0 Å². The Morgan fingerprint density at radius 1 is 0.867 bits per heavy atom. The predicted octanol–water partition coefficient (Wildman–Crippen LogP) is 4.32. The molecular weight excluding hydrogens is 182 g/mol. The average molecular weight is 213 g/mol. The molecule has 0 fully saturated rings. The van der Waals surface area contributed by atoms with Gasteiger partial charge in [-0.3, -0.25) is 0 Å². The molecule has 1 unspecified atom stereocenters. The van der Waals surface area contributed by atoms with Crippen LogP contribution >= 0.6 is 0 Å². The minimum Gasteiger partial charge on any atom is -0.303 e. The van der Waals surface area contributed by atoms with Gasteiger partial charge >= 0.3 is 0 Å². The molecule has 0 aromatic carbocycles. The molecule has 0 saturated carbocycles. The van der Waals surface area contributed by atoms with Crippen molar-refractivity contribution in [2.45, 2.75) is 66.2 Å². The number of rotatable bonds is 10. The molecule has 1 nitrogen and oxygen atoms in total. The van der Waals surface area contributed by atoms with E-state index in [0.29, 0.717) is 0 Å². The van der Waals surface area contributed by atoms with E-state index in [2.05, 4.69) is 32.6 Å². The highest BCUT2D eigenvalue weighted by atomic mass is 15.1. The zero-order chi connectivity index (χ0) is 11.5. The maximum atomic E-state index is 2.65. The first-order valence-corrected chi connectivity index (χ1v) is 6.96. The maximum Gasteiger partial charge on any atom is -0.00162 e. The van der Waals surface area contributed by atoms with Crippen LogP contribution in [0.25, 0.3) is 0 Å². The normalized spacial score (nSPS) is 13.4. The first-order valence-electron chi connectivity index (χ1n) is 6.96. The first-order chi connectivity index (χ1) is 7.24. The summed E-state index contributed by atoms with van der Waals surface area (Å²) in [5, 5.41) is 0. The van der Waals surface area contributed by atoms with Gasteiger partial charge < -0.3 is 4.90 Å². The van der Waals surface area contributed by atoms with Crippen molar-refractivity contribution in [1.29, 1.82) is 0 Å². The van der Waals surface area contributed by atoms with Gasteiger partial charge in [0.25, 0.3) is 0 Å². The van der Waals surface area contributed by atoms with Crippen molar-refractivity contribution in [2.24, 2.45) is 5.92 Å². The SMILES string of the molecule is CCCCCN(CCC)CCC(C)CC. The zero-order valence-electron chi connectivity index (χ0n) is 11.4. The monoisotopic (exact) mass is 213 g/mol. The lowest BCUT2D eigenvalue weighted by molar-refractivity contribution is 0.248. The van der Waals surface area contributed by atoms with Crippen LogP contribution in [0.3, 0.4) is 0 Å². The molecule has 1 atom stereocenters. The fourth-order valence-corrected chi connectivity index (χ4v) is 1.84. The average Bonchev–Trinajstić information content (AvgIpc) is 2.25. The molecule has 0 aliphatic carbocycles. The van der Waals surface area contributed by atoms with Gasteiger partial charge in [0.15, 0.2) is 0 Å². The van der Waals surface area contributed by atoms with E-state index in [-0.39, 0.29) is 0 Å². The Bertz CT molecular complexity index is 123. The predicted molar refractivity (Wildman–Crippen MR) is 70.3 cm³/mol. The summed E-state index contributed by atoms with van der Waals surface area (Å²) in [6, 6.07) is 0. The fraction of sp³-hybridized carbons (Fsp3) is 1.00. The second kappa shape index (κ2) is 10.5. The van der Waals surface area contributed by atoms with Crippen molar-refractivity contribution in [2.75, 3.05) is 19.6 Å². The summed E-state index contributed by atoms with van der Waals surface area (Å²) in [6.45, 7) is 13.2. The lowest BCUT2D eigenvalue weighted by Gasteiger charge is -2.23. The highest BCUT2D eigenvalue weighted by Gasteiger charge is 2.05. The van der Waals surface area contributed by atoms with Gasteiger partial charge in [-0.1, -0.05) is 47.0 Å². The molecule has 1 heteroatoms. The molecule has 0 bridgehead atoms. The molecular formula is C14H31N. The van der Waals surface area contributed by atoms with Crippen LogP contribution in [0.1, 0.15) is 66.2 Å². The summed E-state index contributed by atoms with van der Waals surface area (Å²) < 4.78 is 0. The Morgan fingerprint density at radius 2 is 1.60 bits per heavy atom. The van der Waals surface area contributed by atoms with Crippen LogP contribution in [0.2, 0.25) is 0 Å². The second-order valence-corrected chi connectivity index (χ2v) is 4.85. The Hall–Kier alpha value is -0.0400. The third-order valence-corrected chi connectivity index (χ3v) is 3.25. The molecule has 0 aromatic rings. The number of hydrogen-bond donors (Lipinski definition) is 0. The minimum atomic E-state index is 0.899. The summed E-state index contributed by atoms with van der Waals surface area (Å²) in [5.74, 6) is 0.899. The number of hydrogen-bond acceptors (Lipinski definition) is 1. The van der Waals surface area contributed by atoms with Crippen LogP contribution in [0.4, 0.5) is 0 Å². The molecule has 15 heavy (non-hydrogen) atoms. The summed E-state index contributed by atoms with van der Waals surface area (Å²) in [4.78, 5) is 2.65. The van der Waals surface area contributed by atoms with Gasteiger partial charge in [-0.05, 0) is 44.8 Å². The standard InChI is InChI=1S/C14H31N/c1-5-8-9-12-15(11-6-2)13-10-14(4)7-3/h14H,5-13H2,1-4H3. The molecule has 0 aliphatic heterocycles. The van der Waals surface area contributed by atoms with Crippen molar-refractivity contribution in [3.05, 3.63) is 0 Å². The van der Waals surface area contributed by atoms with E-state index in [9.17, 15) is 0 Å². The summed E-state index contributed by atoms with van der Waals surface area (Å²) in [7, 11) is 0. The van der Waals surface area contributed by atoms with E-state index in [1.807, 2.05) is 0 Å². The molecule has 0 aliphatic rings. The Morgan fingerprint density at radius 3 is 2.13 bits per heavy atom. The Balaban J connectivity index is 3.62. The van der Waals surface area contributed by atoms with E-state index in [0.717, 1.165) is 5.92 Å². The second-order valence-electron chi connectivity index (χ2n) is 4.85. The highest BCUT2D eigenvalue weighted by Crippen LogP contribution is 2.09. The van der Waals surface area contributed by atoms with E-state index in [4.69, 9.17) is 0 Å². The lowest BCUT2D eigenvalue weighted by Crippen LogP contribution is -2.28. The van der Waals surface area contributed by atoms with Crippen molar-refractivity contribution < 1.29 is 0 Å². The van der Waals surface area contributed by atoms with E-state index in [1.54, 1.807) is 0 Å². The molecule has 0 saturated heterocycles. The molecule has 0 N–H and O–H groups in total. The maximum absolute atomic E-state index is 2.65. The molecule has 0 rings (SSSR count). The lowest BCUT2D eigenvalue weighted by atomic mass is 10.0. The van der Waals surface area contributed by atoms with Gasteiger partial charge in [0.2, 0.25) is 0 Å². The zero-order valence-corrected chi connectivity index (χ0v) is 11.4. The number of nitrogens with zero attached hydrogens (tertiary/aromatic N) is 1. The van der Waals surface area contributed by atoms with E-state index >= 15 is 0 Å². The summed E-state index contributed by atoms with van der Waals surface area (Å²) in [6.07, 6.45) is 8.12. The van der Waals surface area contributed by atoms with Gasteiger partial charge in [-0.2, -0.15) is 0 Å². The van der Waals surface area contributed by atoms with Crippen molar-refractivity contribution >= 4 is 0 Å². The third-order valence-electron chi connectivity index (χ3n) is 3.25. The van der Waals surface area contributed by atoms with Crippen molar-refractivity contribution in [1.82, 2.24) is 4.90 Å². The quantitative estimate of drug-likeness (QED) is 0.488. The smallest absolute Gasteiger partial charge is 0.00162 e. The van der Waals surface area contributed by atoms with Crippen LogP contribution in [-0.4, -0.2) is 24.5 Å². The Kier molecular flexibility index (Phi) is 10.4. The highest BCUT2D eigenvalue weighted by molar-refractivity contribution is 4.60. The van der Waals surface area contributed by atoms with Crippen LogP contribution in [0, 0.1) is 5.92 Å². The Labute approximate surface area is 97.2 Å². The largest absolute Gasteiger partial charge is 0.303 e. The molecule has 0 spiro atoms. The van der Waals surface area contributed by atoms with Crippen LogP contribution in [0.15, 0.2) is 0 Å². The van der Waals surface area contributed by atoms with Gasteiger partial charge in [0.05, 0.1) is 0 Å². The third kappa shape index (κ3) is 8.92. The summed E-state index contributed by atoms with van der Waals surface area (Å²) in [5.41, 5.74) is 0. The summed E-state index contributed by atoms with van der Waals surface area (Å²) >= 11 is 0. The first kappa shape index (κ1) is 15.0. The van der Waals surface area contributed by atoms with Crippen LogP contribution < -0.4 is 0 Å². The topological polar surface area (TPSA) is 3.24 Å². The van der Waals surface area contributed by atoms with E-state index < -0.39 is 0 Å². The molecule has 0 heterocycles. The molecule has 0 amide bonds. The van der Waals surface area contributed by atoms with Crippen molar-refractivity contribution in [3.8, 4) is 0 Å². The van der Waals surface area contributed by atoms with Gasteiger partial charge in [-0.15, -0.1) is 0 Å². The van der Waals surface area contributed by atoms with E-state index in [1.165, 1.54) is 58.2 Å². The molecule has 92 valence electrons. The van der Waals surface area contributed by atoms with Gasteiger partial charge in [-0.25, -0.2) is 0 Å². The number of unbranched alkanes of at least 4 members (excludes halogenated alkanes) is 2. The minimum absolute atomic E-state index is 0.899. The van der Waals surface area contributed by atoms with Crippen LogP contribution in [-0.2, 0) is 0 Å².